The van der Waals surface area contributed by atoms with Gasteiger partial charge in [0.05, 0.1) is 6.42 Å². The average molecular weight is 281 g/mol. The lowest BCUT2D eigenvalue weighted by Gasteiger charge is -2.50. The maximum atomic E-state index is 11.5. The van der Waals surface area contributed by atoms with Crippen molar-refractivity contribution >= 4 is 22.0 Å². The van der Waals surface area contributed by atoms with Crippen LogP contribution in [0.15, 0.2) is 5.16 Å². The summed E-state index contributed by atoms with van der Waals surface area (Å²) in [6.45, 7) is 2.58. The van der Waals surface area contributed by atoms with E-state index >= 15 is 0 Å². The molecule has 0 bridgehead atoms. The van der Waals surface area contributed by atoms with E-state index in [0.29, 0.717) is 0 Å². The molecule has 1 atom stereocenters. The molecule has 2 N–H and O–H groups in total. The van der Waals surface area contributed by atoms with Gasteiger partial charge in [-0.15, -0.1) is 0 Å². The first-order valence-corrected chi connectivity index (χ1v) is 6.15. The first kappa shape index (κ1) is 14.6. The minimum Gasteiger partial charge on any atom is -0.742 e. The Labute approximate surface area is 104 Å². The molecule has 0 saturated carbocycles. The molecule has 0 unspecified atom stereocenters. The van der Waals surface area contributed by atoms with Gasteiger partial charge in [0.2, 0.25) is 5.91 Å². The summed E-state index contributed by atoms with van der Waals surface area (Å²) in [7, 11) is -3.49. The molecule has 1 aliphatic rings. The van der Waals surface area contributed by atoms with Crippen molar-refractivity contribution in [2.24, 2.45) is 5.16 Å². The van der Waals surface area contributed by atoms with Crippen LogP contribution in [-0.4, -0.2) is 47.0 Å². The highest BCUT2D eigenvalue weighted by molar-refractivity contribution is 7.84. The SMILES string of the molecule is CO/N=C(\C)N([O-])N[C@]1(C)CC(=O)N1S(=O)(=O)O. The van der Waals surface area contributed by atoms with E-state index in [0.717, 1.165) is 0 Å². The molecule has 0 aromatic heterocycles. The highest BCUT2D eigenvalue weighted by atomic mass is 32.2. The highest BCUT2D eigenvalue weighted by Gasteiger charge is 2.54. The van der Waals surface area contributed by atoms with Gasteiger partial charge in [0.15, 0.2) is 0 Å². The first-order chi connectivity index (χ1) is 8.12. The number of amides is 1. The van der Waals surface area contributed by atoms with E-state index in [4.69, 9.17) is 4.55 Å². The molecule has 0 spiro atoms. The molecule has 0 aromatic carbocycles. The minimum atomic E-state index is -4.72. The molecule has 10 nitrogen and oxygen atoms in total. The van der Waals surface area contributed by atoms with E-state index in [2.05, 4.69) is 15.4 Å². The molecule has 104 valence electrons. The summed E-state index contributed by atoms with van der Waals surface area (Å²) in [5, 5.41) is 15.0. The Morgan fingerprint density at radius 1 is 1.72 bits per heavy atom. The minimum absolute atomic E-state index is 0.131. The number of rotatable bonds is 4. The number of hydrogen-bond acceptors (Lipinski definition) is 7. The topological polar surface area (TPSA) is 135 Å². The summed E-state index contributed by atoms with van der Waals surface area (Å²) in [5.41, 5.74) is 0.666. The van der Waals surface area contributed by atoms with Crippen molar-refractivity contribution in [3.63, 3.8) is 0 Å². The monoisotopic (exact) mass is 281 g/mol. The molecular formula is C7H13N4O6S-. The molecule has 1 amide bonds. The van der Waals surface area contributed by atoms with E-state index in [1.807, 2.05) is 0 Å². The largest absolute Gasteiger partial charge is 0.742 e. The second kappa shape index (κ2) is 4.68. The van der Waals surface area contributed by atoms with Gasteiger partial charge < -0.3 is 15.2 Å². The summed E-state index contributed by atoms with van der Waals surface area (Å²) in [6.07, 6.45) is -0.258. The van der Waals surface area contributed by atoms with Gasteiger partial charge in [0, 0.05) is 0 Å². The molecule has 1 rings (SSSR count). The zero-order valence-electron chi connectivity index (χ0n) is 9.95. The van der Waals surface area contributed by atoms with Crippen LogP contribution in [0.4, 0.5) is 0 Å². The van der Waals surface area contributed by atoms with Crippen LogP contribution in [0.25, 0.3) is 0 Å². The summed E-state index contributed by atoms with van der Waals surface area (Å²) in [5.74, 6) is -0.949. The standard InChI is InChI=1S/C7H13N4O6S/c1-5(8-17-3)11(13)9-7(2)4-6(12)10(7)18(14,15)16/h9H,4H2,1-3H3,(H,14,15,16)/q-1/b8-5+/t7-/m0/s1. The number of carbonyl (C=O) groups excluding carboxylic acids is 1. The van der Waals surface area contributed by atoms with Crippen molar-refractivity contribution in [3.05, 3.63) is 5.21 Å². The second-order valence-corrected chi connectivity index (χ2v) is 5.07. The predicted octanol–water partition coefficient (Wildman–Crippen LogP) is -0.978. The van der Waals surface area contributed by atoms with Gasteiger partial charge >= 0.3 is 10.3 Å². The van der Waals surface area contributed by atoms with Crippen molar-refractivity contribution < 1.29 is 22.6 Å². The van der Waals surface area contributed by atoms with Crippen LogP contribution in [0.3, 0.4) is 0 Å². The fourth-order valence-corrected chi connectivity index (χ4v) is 2.50. The molecule has 0 aromatic rings. The Morgan fingerprint density at radius 3 is 2.67 bits per heavy atom. The molecule has 1 aliphatic heterocycles. The van der Waals surface area contributed by atoms with Crippen LogP contribution >= 0.6 is 0 Å². The Morgan fingerprint density at radius 2 is 2.28 bits per heavy atom. The summed E-state index contributed by atoms with van der Waals surface area (Å²) < 4.78 is 31.0. The van der Waals surface area contributed by atoms with Crippen molar-refractivity contribution in [1.29, 1.82) is 0 Å². The number of hydrazine groups is 1. The lowest BCUT2D eigenvalue weighted by atomic mass is 10.0. The normalized spacial score (nSPS) is 24.8. The van der Waals surface area contributed by atoms with Gasteiger partial charge in [-0.25, -0.2) is 5.43 Å². The molecule has 18 heavy (non-hydrogen) atoms. The highest BCUT2D eigenvalue weighted by Crippen LogP contribution is 2.31. The van der Waals surface area contributed by atoms with Crippen LogP contribution in [0.5, 0.6) is 0 Å². The second-order valence-electron chi connectivity index (χ2n) is 3.81. The van der Waals surface area contributed by atoms with E-state index < -0.39 is 21.9 Å². The van der Waals surface area contributed by atoms with Crippen molar-refractivity contribution in [2.75, 3.05) is 7.11 Å². The van der Waals surface area contributed by atoms with Crippen LogP contribution in [0.2, 0.25) is 0 Å². The molecule has 1 saturated heterocycles. The smallest absolute Gasteiger partial charge is 0.363 e. The average Bonchev–Trinajstić information content (AvgIpc) is 2.13. The van der Waals surface area contributed by atoms with E-state index in [1.54, 1.807) is 0 Å². The third kappa shape index (κ3) is 2.69. The summed E-state index contributed by atoms with van der Waals surface area (Å²) in [6, 6.07) is 0. The number of nitrogens with one attached hydrogen (secondary N) is 1. The van der Waals surface area contributed by atoms with Gasteiger partial charge in [-0.2, -0.15) is 12.7 Å². The number of β-lactam (4-membered cyclic amide) rings is 1. The fraction of sp³-hybridized carbons (Fsp3) is 0.714. The van der Waals surface area contributed by atoms with Crippen LogP contribution in [0.1, 0.15) is 20.3 Å². The zero-order valence-corrected chi connectivity index (χ0v) is 10.8. The number of amidine groups is 1. The quantitative estimate of drug-likeness (QED) is 0.221. The molecule has 0 aliphatic carbocycles. The Bertz CT molecular complexity index is 476. The maximum absolute atomic E-state index is 11.5. The molecule has 1 heterocycles. The van der Waals surface area contributed by atoms with Gasteiger partial charge in [0.1, 0.15) is 18.6 Å². The number of carbonyl (C=O) groups is 1. The van der Waals surface area contributed by atoms with Crippen molar-refractivity contribution in [1.82, 2.24) is 14.9 Å². The zero-order chi connectivity index (χ0) is 14.1. The van der Waals surface area contributed by atoms with E-state index in [-0.39, 0.29) is 21.7 Å². The number of nitrogens with zero attached hydrogens (tertiary/aromatic N) is 3. The van der Waals surface area contributed by atoms with Gasteiger partial charge in [-0.3, -0.25) is 9.35 Å². The Hall–Kier alpha value is -1.43. The molecule has 0 radical (unpaired) electrons. The third-order valence-electron chi connectivity index (χ3n) is 2.26. The van der Waals surface area contributed by atoms with Crippen LogP contribution in [0, 0.1) is 5.21 Å². The fourth-order valence-electron chi connectivity index (χ4n) is 1.56. The predicted molar refractivity (Wildman–Crippen MR) is 59.9 cm³/mol. The Kier molecular flexibility index (Phi) is 3.81. The van der Waals surface area contributed by atoms with Crippen LogP contribution in [-0.2, 0) is 19.9 Å². The molecular weight excluding hydrogens is 268 g/mol. The van der Waals surface area contributed by atoms with E-state index in [9.17, 15) is 18.4 Å². The number of hydrogen-bond donors (Lipinski definition) is 2. The van der Waals surface area contributed by atoms with Crippen LogP contribution < -0.4 is 5.43 Å². The van der Waals surface area contributed by atoms with Gasteiger partial charge in [-0.05, 0) is 13.8 Å². The first-order valence-electron chi connectivity index (χ1n) is 4.75. The van der Waals surface area contributed by atoms with Crippen molar-refractivity contribution in [3.8, 4) is 0 Å². The summed E-state index contributed by atoms with van der Waals surface area (Å²) >= 11 is 0. The lowest BCUT2D eigenvalue weighted by molar-refractivity contribution is -0.149. The summed E-state index contributed by atoms with van der Waals surface area (Å²) in [4.78, 5) is 15.5. The maximum Gasteiger partial charge on any atom is 0.363 e. The third-order valence-corrected chi connectivity index (χ3v) is 3.33. The van der Waals surface area contributed by atoms with Crippen molar-refractivity contribution in [2.45, 2.75) is 25.9 Å². The van der Waals surface area contributed by atoms with Gasteiger partial charge in [-0.1, -0.05) is 5.16 Å². The number of hydroxylamine groups is 1. The van der Waals surface area contributed by atoms with Gasteiger partial charge in [0.25, 0.3) is 0 Å². The molecule has 1 fully saturated rings. The lowest BCUT2D eigenvalue weighted by Crippen LogP contribution is -2.73. The number of oxime groups is 1. The Balaban J connectivity index is 2.84. The van der Waals surface area contributed by atoms with E-state index in [1.165, 1.54) is 21.0 Å². The molecule has 11 heteroatoms.